The first-order chi connectivity index (χ1) is 13.8. The van der Waals surface area contributed by atoms with Gasteiger partial charge in [-0.15, -0.1) is 0 Å². The first-order valence-electron chi connectivity index (χ1n) is 9.48. The number of hydrogen-bond acceptors (Lipinski definition) is 6. The Morgan fingerprint density at radius 3 is 1.62 bits per heavy atom. The number of fused-ring (bicyclic) bond motifs is 2. The van der Waals surface area contributed by atoms with Gasteiger partial charge in [0.25, 0.3) is 0 Å². The molecular formula is C23H24O6. The van der Waals surface area contributed by atoms with Gasteiger partial charge in [0.2, 0.25) is 0 Å². The second kappa shape index (κ2) is 8.39. The first kappa shape index (κ1) is 20.5. The third-order valence-electron chi connectivity index (χ3n) is 4.12. The van der Waals surface area contributed by atoms with Gasteiger partial charge in [-0.2, -0.15) is 0 Å². The van der Waals surface area contributed by atoms with Crippen molar-refractivity contribution in [3.63, 3.8) is 0 Å². The van der Waals surface area contributed by atoms with Crippen LogP contribution >= 0.6 is 0 Å². The van der Waals surface area contributed by atoms with E-state index in [-0.39, 0.29) is 12.2 Å². The molecule has 0 N–H and O–H groups in total. The topological polar surface area (TPSA) is 71.1 Å². The molecule has 0 saturated heterocycles. The molecule has 0 heterocycles. The summed E-state index contributed by atoms with van der Waals surface area (Å²) in [4.78, 5) is 24.4. The van der Waals surface area contributed by atoms with E-state index in [0.717, 1.165) is 5.56 Å². The Kier molecular flexibility index (Phi) is 5.92. The van der Waals surface area contributed by atoms with Crippen LogP contribution < -0.4 is 9.47 Å². The van der Waals surface area contributed by atoms with Crippen molar-refractivity contribution >= 4 is 33.9 Å². The molecule has 0 aliphatic heterocycles. The van der Waals surface area contributed by atoms with Gasteiger partial charge in [0.1, 0.15) is 11.5 Å². The predicted molar refractivity (Wildman–Crippen MR) is 111 cm³/mol. The first-order valence-corrected chi connectivity index (χ1v) is 9.48. The normalized spacial score (nSPS) is 11.1. The van der Waals surface area contributed by atoms with Gasteiger partial charge in [-0.1, -0.05) is 42.0 Å². The highest BCUT2D eigenvalue weighted by molar-refractivity contribution is 6.12. The number of rotatable bonds is 4. The van der Waals surface area contributed by atoms with Crippen LogP contribution in [0.1, 0.15) is 33.3 Å². The van der Waals surface area contributed by atoms with Crippen molar-refractivity contribution in [3.8, 4) is 11.5 Å². The average molecular weight is 396 g/mol. The van der Waals surface area contributed by atoms with Crippen molar-refractivity contribution in [1.29, 1.82) is 0 Å². The predicted octanol–water partition coefficient (Wildman–Crippen LogP) is 6.15. The molecule has 29 heavy (non-hydrogen) atoms. The molecule has 0 fully saturated rings. The highest BCUT2D eigenvalue weighted by atomic mass is 16.7. The van der Waals surface area contributed by atoms with E-state index < -0.39 is 12.3 Å². The van der Waals surface area contributed by atoms with E-state index in [9.17, 15) is 9.59 Å². The molecule has 0 saturated carbocycles. The summed E-state index contributed by atoms with van der Waals surface area (Å²) in [6.45, 7) is 8.92. The lowest BCUT2D eigenvalue weighted by Gasteiger charge is -2.17. The van der Waals surface area contributed by atoms with Crippen molar-refractivity contribution in [1.82, 2.24) is 0 Å². The number of carbonyl (C=O) groups excluding carboxylic acids is 2. The molecule has 0 aliphatic rings. The van der Waals surface area contributed by atoms with E-state index in [4.69, 9.17) is 18.9 Å². The van der Waals surface area contributed by atoms with Gasteiger partial charge in [0, 0.05) is 21.5 Å². The Morgan fingerprint density at radius 1 is 0.690 bits per heavy atom. The Morgan fingerprint density at radius 2 is 1.14 bits per heavy atom. The molecule has 0 spiro atoms. The fourth-order valence-electron chi connectivity index (χ4n) is 3.03. The minimum atomic E-state index is -0.792. The number of hydrogen-bond donors (Lipinski definition) is 0. The van der Waals surface area contributed by atoms with E-state index in [1.165, 1.54) is 0 Å². The van der Waals surface area contributed by atoms with Gasteiger partial charge in [0.15, 0.2) is 0 Å². The Bertz CT molecular complexity index is 1070. The van der Waals surface area contributed by atoms with Gasteiger partial charge >= 0.3 is 12.3 Å². The molecule has 0 unspecified atom stereocenters. The summed E-state index contributed by atoms with van der Waals surface area (Å²) in [5.74, 6) is 0.709. The summed E-state index contributed by atoms with van der Waals surface area (Å²) in [6, 6.07) is 12.8. The fraction of sp³-hybridized carbons (Fsp3) is 0.304. The largest absolute Gasteiger partial charge is 0.514 e. The van der Waals surface area contributed by atoms with Crippen molar-refractivity contribution in [2.75, 3.05) is 0 Å². The monoisotopic (exact) mass is 396 g/mol. The second-order valence-electron chi connectivity index (χ2n) is 7.29. The minimum absolute atomic E-state index is 0.310. The maximum absolute atomic E-state index is 12.2. The van der Waals surface area contributed by atoms with Gasteiger partial charge in [-0.25, -0.2) is 9.59 Å². The maximum atomic E-state index is 12.2. The highest BCUT2D eigenvalue weighted by Crippen LogP contribution is 2.43. The maximum Gasteiger partial charge on any atom is 0.514 e. The van der Waals surface area contributed by atoms with Crippen LogP contribution in [-0.4, -0.2) is 24.5 Å². The average Bonchev–Trinajstić information content (AvgIpc) is 2.63. The third kappa shape index (κ3) is 4.59. The lowest BCUT2D eigenvalue weighted by Crippen LogP contribution is -2.17. The molecule has 0 radical (unpaired) electrons. The van der Waals surface area contributed by atoms with Crippen LogP contribution in [0.15, 0.2) is 42.5 Å². The molecule has 3 aromatic rings. The lowest BCUT2D eigenvalue weighted by molar-refractivity contribution is 0.0719. The molecule has 0 bridgehead atoms. The van der Waals surface area contributed by atoms with Crippen LogP contribution in [0.4, 0.5) is 9.59 Å². The lowest BCUT2D eigenvalue weighted by atomic mass is 9.99. The van der Waals surface area contributed by atoms with Crippen LogP contribution in [0, 0.1) is 6.92 Å². The fourth-order valence-corrected chi connectivity index (χ4v) is 3.03. The molecule has 3 aromatic carbocycles. The van der Waals surface area contributed by atoms with Crippen molar-refractivity contribution in [2.24, 2.45) is 0 Å². The van der Waals surface area contributed by atoms with Crippen molar-refractivity contribution in [2.45, 2.75) is 46.8 Å². The molecular weight excluding hydrogens is 372 g/mol. The van der Waals surface area contributed by atoms with Gasteiger partial charge < -0.3 is 18.9 Å². The zero-order valence-corrected chi connectivity index (χ0v) is 17.1. The zero-order valence-electron chi connectivity index (χ0n) is 17.1. The quantitative estimate of drug-likeness (QED) is 0.299. The zero-order chi connectivity index (χ0) is 21.1. The van der Waals surface area contributed by atoms with Gasteiger partial charge in [-0.05, 0) is 40.7 Å². The molecule has 3 rings (SSSR count). The molecule has 0 amide bonds. The smallest absolute Gasteiger partial charge is 0.431 e. The molecule has 152 valence electrons. The second-order valence-corrected chi connectivity index (χ2v) is 7.29. The summed E-state index contributed by atoms with van der Waals surface area (Å²) in [6.07, 6.45) is -2.20. The Hall–Kier alpha value is -3.28. The summed E-state index contributed by atoms with van der Waals surface area (Å²) >= 11 is 0. The number of aryl methyl sites for hydroxylation is 1. The van der Waals surface area contributed by atoms with Crippen LogP contribution in [-0.2, 0) is 9.47 Å². The number of benzene rings is 3. The van der Waals surface area contributed by atoms with E-state index in [2.05, 4.69) is 0 Å². The Balaban J connectivity index is 2.23. The van der Waals surface area contributed by atoms with Gasteiger partial charge in [0.05, 0.1) is 12.2 Å². The minimum Gasteiger partial charge on any atom is -0.431 e. The van der Waals surface area contributed by atoms with E-state index >= 15 is 0 Å². The van der Waals surface area contributed by atoms with Crippen LogP contribution in [0.3, 0.4) is 0 Å². The van der Waals surface area contributed by atoms with Gasteiger partial charge in [-0.3, -0.25) is 0 Å². The van der Waals surface area contributed by atoms with Crippen LogP contribution in [0.2, 0.25) is 0 Å². The SMILES string of the molecule is Cc1ccc2c(OC(=O)OC(C)C)c3ccccc3c(OC(=O)OC(C)C)c2c1. The molecule has 0 aromatic heterocycles. The van der Waals surface area contributed by atoms with E-state index in [1.54, 1.807) is 39.8 Å². The van der Waals surface area contributed by atoms with E-state index in [0.29, 0.717) is 33.0 Å². The van der Waals surface area contributed by atoms with Crippen molar-refractivity contribution < 1.29 is 28.5 Å². The van der Waals surface area contributed by atoms with E-state index in [1.807, 2.05) is 37.3 Å². The molecule has 6 nitrogen and oxygen atoms in total. The summed E-state index contributed by atoms with van der Waals surface area (Å²) in [5.41, 5.74) is 0.963. The number of ether oxygens (including phenoxy) is 4. The number of carbonyl (C=O) groups is 2. The summed E-state index contributed by atoms with van der Waals surface area (Å²) in [7, 11) is 0. The molecule has 0 aliphatic carbocycles. The highest BCUT2D eigenvalue weighted by Gasteiger charge is 2.21. The molecule has 0 atom stereocenters. The van der Waals surface area contributed by atoms with Crippen LogP contribution in [0.25, 0.3) is 21.5 Å². The van der Waals surface area contributed by atoms with Crippen LogP contribution in [0.5, 0.6) is 11.5 Å². The standard InChI is InChI=1S/C23H24O6/c1-13(2)26-22(24)28-20-16-8-6-7-9-17(16)21(29-23(25)27-14(3)4)19-12-15(5)10-11-18(19)20/h6-14H,1-5H3. The third-order valence-corrected chi connectivity index (χ3v) is 4.12. The molecule has 6 heteroatoms. The van der Waals surface area contributed by atoms with Crippen molar-refractivity contribution in [3.05, 3.63) is 48.0 Å². The Labute approximate surface area is 169 Å². The summed E-state index contributed by atoms with van der Waals surface area (Å²) < 4.78 is 21.5. The summed E-state index contributed by atoms with van der Waals surface area (Å²) in [5, 5.41) is 2.51.